The molecule has 9 nitrogen and oxygen atoms in total. The second-order valence-corrected chi connectivity index (χ2v) is 5.74. The van der Waals surface area contributed by atoms with Gasteiger partial charge in [-0.15, -0.1) is 0 Å². The first-order valence-corrected chi connectivity index (χ1v) is 8.69. The van der Waals surface area contributed by atoms with Crippen molar-refractivity contribution < 1.29 is 19.2 Å². The van der Waals surface area contributed by atoms with Gasteiger partial charge in [0.05, 0.1) is 24.9 Å². The summed E-state index contributed by atoms with van der Waals surface area (Å²) in [5, 5.41) is 17.4. The summed E-state index contributed by atoms with van der Waals surface area (Å²) >= 11 is 0. The highest BCUT2D eigenvalue weighted by Gasteiger charge is 2.14. The van der Waals surface area contributed by atoms with Crippen LogP contribution in [0, 0.1) is 10.1 Å². The molecular weight excluding hydrogens is 364 g/mol. The van der Waals surface area contributed by atoms with E-state index in [9.17, 15) is 14.9 Å². The number of methoxy groups -OCH3 is 1. The first-order chi connectivity index (χ1) is 13.5. The Balaban J connectivity index is 1.88. The lowest BCUT2D eigenvalue weighted by Crippen LogP contribution is -2.24. The van der Waals surface area contributed by atoms with Gasteiger partial charge in [0.2, 0.25) is 0 Å². The number of nitrogens with one attached hydrogen (secondary N) is 2. The normalized spacial score (nSPS) is 10.5. The number of nitrogens with zero attached hydrogens (tertiary/aromatic N) is 2. The molecule has 2 aromatic rings. The Bertz CT molecular complexity index is 837. The third-order valence-corrected chi connectivity index (χ3v) is 3.66. The number of carbonyl (C=O) groups is 1. The van der Waals surface area contributed by atoms with Gasteiger partial charge in [0.1, 0.15) is 5.75 Å². The molecule has 0 saturated carbocycles. The van der Waals surface area contributed by atoms with E-state index in [1.807, 2.05) is 0 Å². The van der Waals surface area contributed by atoms with Crippen LogP contribution >= 0.6 is 0 Å². The molecule has 9 heteroatoms. The molecular formula is C19H22N4O5. The van der Waals surface area contributed by atoms with Gasteiger partial charge in [0.25, 0.3) is 0 Å². The Kier molecular flexibility index (Phi) is 7.77. The standard InChI is InChI=1S/C19H22N4O5/c1-3-4-11-28-16-8-6-15(7-9-16)21-19(24)22-20-13-14-5-10-18(27-2)17(12-14)23(25)26/h5-10,12-13H,3-4,11H2,1-2H3,(H2,21,22,24). The Morgan fingerprint density at radius 1 is 1.25 bits per heavy atom. The molecule has 2 rings (SSSR count). The van der Waals surface area contributed by atoms with Crippen molar-refractivity contribution in [1.82, 2.24) is 5.43 Å². The molecule has 28 heavy (non-hydrogen) atoms. The summed E-state index contributed by atoms with van der Waals surface area (Å²) in [7, 11) is 1.35. The van der Waals surface area contributed by atoms with Gasteiger partial charge < -0.3 is 14.8 Å². The van der Waals surface area contributed by atoms with Crippen LogP contribution in [-0.4, -0.2) is 30.9 Å². The SMILES string of the molecule is CCCCOc1ccc(NC(=O)NN=Cc2ccc(OC)c([N+](=O)[O-])c2)cc1. The van der Waals surface area contributed by atoms with Gasteiger partial charge in [-0.05, 0) is 42.8 Å². The predicted molar refractivity (Wildman–Crippen MR) is 106 cm³/mol. The van der Waals surface area contributed by atoms with Crippen LogP contribution in [0.15, 0.2) is 47.6 Å². The first kappa shape index (κ1) is 20.7. The van der Waals surface area contributed by atoms with E-state index in [0.29, 0.717) is 17.9 Å². The average Bonchev–Trinajstić information content (AvgIpc) is 2.69. The minimum absolute atomic E-state index is 0.148. The van der Waals surface area contributed by atoms with Gasteiger partial charge in [-0.25, -0.2) is 10.2 Å². The highest BCUT2D eigenvalue weighted by atomic mass is 16.6. The number of hydrogen-bond acceptors (Lipinski definition) is 6. The molecule has 0 aliphatic heterocycles. The summed E-state index contributed by atoms with van der Waals surface area (Å²) in [6, 6.07) is 10.8. The summed E-state index contributed by atoms with van der Waals surface area (Å²) in [6.45, 7) is 2.75. The fourth-order valence-electron chi connectivity index (χ4n) is 2.22. The van der Waals surface area contributed by atoms with Crippen LogP contribution in [0.2, 0.25) is 0 Å². The van der Waals surface area contributed by atoms with E-state index < -0.39 is 11.0 Å². The van der Waals surface area contributed by atoms with E-state index in [4.69, 9.17) is 9.47 Å². The minimum Gasteiger partial charge on any atom is -0.494 e. The van der Waals surface area contributed by atoms with Crippen molar-refractivity contribution in [2.75, 3.05) is 19.0 Å². The molecule has 0 atom stereocenters. The zero-order valence-corrected chi connectivity index (χ0v) is 15.7. The van der Waals surface area contributed by atoms with Crippen LogP contribution in [0.1, 0.15) is 25.3 Å². The molecule has 2 amide bonds. The van der Waals surface area contributed by atoms with Crippen molar-refractivity contribution in [2.45, 2.75) is 19.8 Å². The van der Waals surface area contributed by atoms with E-state index in [-0.39, 0.29) is 11.4 Å². The molecule has 0 bridgehead atoms. The lowest BCUT2D eigenvalue weighted by Gasteiger charge is -2.07. The second-order valence-electron chi connectivity index (χ2n) is 5.74. The van der Waals surface area contributed by atoms with Crippen molar-refractivity contribution in [3.8, 4) is 11.5 Å². The third kappa shape index (κ3) is 6.27. The maximum absolute atomic E-state index is 11.9. The van der Waals surface area contributed by atoms with Crippen LogP contribution in [0.4, 0.5) is 16.2 Å². The van der Waals surface area contributed by atoms with Crippen LogP contribution in [0.25, 0.3) is 0 Å². The fourth-order valence-corrected chi connectivity index (χ4v) is 2.22. The van der Waals surface area contributed by atoms with Crippen molar-refractivity contribution >= 4 is 23.6 Å². The third-order valence-electron chi connectivity index (χ3n) is 3.66. The first-order valence-electron chi connectivity index (χ1n) is 8.69. The summed E-state index contributed by atoms with van der Waals surface area (Å²) in [5.74, 6) is 0.883. The fraction of sp³-hybridized carbons (Fsp3) is 0.263. The Labute approximate surface area is 162 Å². The molecule has 2 aromatic carbocycles. The number of ether oxygens (including phenoxy) is 2. The van der Waals surface area contributed by atoms with Crippen LogP contribution in [-0.2, 0) is 0 Å². The number of hydrazone groups is 1. The summed E-state index contributed by atoms with van der Waals surface area (Å²) < 4.78 is 10.5. The van der Waals surface area contributed by atoms with E-state index in [1.54, 1.807) is 30.3 Å². The summed E-state index contributed by atoms with van der Waals surface area (Å²) in [6.07, 6.45) is 3.35. The quantitative estimate of drug-likeness (QED) is 0.293. The molecule has 0 aliphatic rings. The Morgan fingerprint density at radius 3 is 2.64 bits per heavy atom. The number of hydrogen-bond donors (Lipinski definition) is 2. The molecule has 0 saturated heterocycles. The Morgan fingerprint density at radius 2 is 2.00 bits per heavy atom. The molecule has 0 unspecified atom stereocenters. The van der Waals surface area contributed by atoms with E-state index >= 15 is 0 Å². The van der Waals surface area contributed by atoms with Crippen LogP contribution in [0.3, 0.4) is 0 Å². The van der Waals surface area contributed by atoms with Gasteiger partial charge in [0.15, 0.2) is 5.75 Å². The molecule has 0 aromatic heterocycles. The number of nitro groups is 1. The monoisotopic (exact) mass is 386 g/mol. The average molecular weight is 386 g/mol. The highest BCUT2D eigenvalue weighted by Crippen LogP contribution is 2.26. The van der Waals surface area contributed by atoms with Gasteiger partial charge in [-0.3, -0.25) is 10.1 Å². The smallest absolute Gasteiger partial charge is 0.339 e. The summed E-state index contributed by atoms with van der Waals surface area (Å²) in [4.78, 5) is 22.3. The lowest BCUT2D eigenvalue weighted by molar-refractivity contribution is -0.385. The van der Waals surface area contributed by atoms with E-state index in [1.165, 1.54) is 25.5 Å². The predicted octanol–water partition coefficient (Wildman–Crippen LogP) is 3.94. The second kappa shape index (κ2) is 10.5. The maximum Gasteiger partial charge on any atom is 0.339 e. The van der Waals surface area contributed by atoms with Gasteiger partial charge in [-0.1, -0.05) is 13.3 Å². The van der Waals surface area contributed by atoms with E-state index in [0.717, 1.165) is 18.6 Å². The number of nitro benzene ring substituents is 1. The number of rotatable bonds is 9. The van der Waals surface area contributed by atoms with Crippen molar-refractivity contribution in [3.05, 3.63) is 58.1 Å². The molecule has 0 heterocycles. The number of unbranched alkanes of at least 4 members (excludes halogenated alkanes) is 1. The zero-order valence-electron chi connectivity index (χ0n) is 15.7. The van der Waals surface area contributed by atoms with Gasteiger partial charge in [0, 0.05) is 17.3 Å². The lowest BCUT2D eigenvalue weighted by atomic mass is 10.2. The van der Waals surface area contributed by atoms with E-state index in [2.05, 4.69) is 22.8 Å². The molecule has 148 valence electrons. The number of carbonyl (C=O) groups excluding carboxylic acids is 1. The van der Waals surface area contributed by atoms with Crippen LogP contribution in [0.5, 0.6) is 11.5 Å². The maximum atomic E-state index is 11.9. The number of amides is 2. The Hall–Kier alpha value is -3.62. The number of benzene rings is 2. The van der Waals surface area contributed by atoms with Gasteiger partial charge in [-0.2, -0.15) is 5.10 Å². The molecule has 2 N–H and O–H groups in total. The van der Waals surface area contributed by atoms with Gasteiger partial charge >= 0.3 is 11.7 Å². The minimum atomic E-state index is -0.550. The van der Waals surface area contributed by atoms with Crippen LogP contribution < -0.4 is 20.2 Å². The molecule has 0 aliphatic carbocycles. The van der Waals surface area contributed by atoms with Crippen molar-refractivity contribution in [1.29, 1.82) is 0 Å². The van der Waals surface area contributed by atoms with Crippen molar-refractivity contribution in [3.63, 3.8) is 0 Å². The largest absolute Gasteiger partial charge is 0.494 e. The highest BCUT2D eigenvalue weighted by molar-refractivity contribution is 5.90. The molecule has 0 spiro atoms. The molecule has 0 fully saturated rings. The van der Waals surface area contributed by atoms with Crippen molar-refractivity contribution in [2.24, 2.45) is 5.10 Å². The number of urea groups is 1. The summed E-state index contributed by atoms with van der Waals surface area (Å²) in [5.41, 5.74) is 3.14. The topological polar surface area (TPSA) is 115 Å². The molecule has 0 radical (unpaired) electrons. The zero-order chi connectivity index (χ0) is 20.4. The number of anilines is 1.